The highest BCUT2D eigenvalue weighted by molar-refractivity contribution is 5.98. The molecule has 0 radical (unpaired) electrons. The van der Waals surface area contributed by atoms with Gasteiger partial charge in [-0.25, -0.2) is 0 Å². The number of allylic oxidation sites excluding steroid dienone is 1. The third-order valence-corrected chi connectivity index (χ3v) is 8.72. The number of ether oxygens (including phenoxy) is 2. The lowest BCUT2D eigenvalue weighted by Crippen LogP contribution is -2.56. The monoisotopic (exact) mass is 532 g/mol. The van der Waals surface area contributed by atoms with Crippen LogP contribution in [0.15, 0.2) is 25.3 Å². The molecule has 3 fully saturated rings. The molecule has 2 unspecified atom stereocenters. The number of amides is 2. The van der Waals surface area contributed by atoms with Gasteiger partial charge >= 0.3 is 5.97 Å². The maximum atomic E-state index is 14.2. The normalized spacial score (nSPS) is 29.4. The van der Waals surface area contributed by atoms with Gasteiger partial charge in [0.2, 0.25) is 11.8 Å². The second-order valence-electron chi connectivity index (χ2n) is 11.0. The number of rotatable bonds is 18. The van der Waals surface area contributed by atoms with Crippen LogP contribution in [0.25, 0.3) is 0 Å². The van der Waals surface area contributed by atoms with Crippen LogP contribution in [0.5, 0.6) is 0 Å². The van der Waals surface area contributed by atoms with Gasteiger partial charge in [-0.15, -0.1) is 13.2 Å². The van der Waals surface area contributed by atoms with Gasteiger partial charge in [-0.05, 0) is 57.8 Å². The minimum Gasteiger partial charge on any atom is -0.465 e. The van der Waals surface area contributed by atoms with Crippen LogP contribution in [-0.2, 0) is 23.9 Å². The van der Waals surface area contributed by atoms with Gasteiger partial charge in [0.05, 0.1) is 18.1 Å². The molecule has 3 aliphatic rings. The molecule has 3 aliphatic heterocycles. The molecule has 2 amide bonds. The van der Waals surface area contributed by atoms with Gasteiger partial charge in [0.15, 0.2) is 0 Å². The van der Waals surface area contributed by atoms with Crippen LogP contribution in [0.4, 0.5) is 0 Å². The van der Waals surface area contributed by atoms with E-state index in [1.807, 2.05) is 13.0 Å². The topological polar surface area (TPSA) is 96.4 Å². The van der Waals surface area contributed by atoms with Crippen molar-refractivity contribution in [1.82, 2.24) is 9.80 Å². The fourth-order valence-electron chi connectivity index (χ4n) is 6.82. The predicted molar refractivity (Wildman–Crippen MR) is 146 cm³/mol. The highest BCUT2D eigenvalue weighted by Crippen LogP contribution is 2.64. The summed E-state index contributed by atoms with van der Waals surface area (Å²) in [4.78, 5) is 45.3. The van der Waals surface area contributed by atoms with E-state index in [0.29, 0.717) is 58.3 Å². The second-order valence-corrected chi connectivity index (χ2v) is 11.0. The fourth-order valence-corrected chi connectivity index (χ4v) is 6.82. The van der Waals surface area contributed by atoms with E-state index < -0.39 is 29.1 Å². The van der Waals surface area contributed by atoms with Gasteiger partial charge in [0.1, 0.15) is 17.6 Å². The molecule has 0 aromatic heterocycles. The van der Waals surface area contributed by atoms with E-state index in [4.69, 9.17) is 9.47 Å². The Hall–Kier alpha value is -2.19. The Bertz CT molecular complexity index is 862. The zero-order valence-corrected chi connectivity index (χ0v) is 23.5. The van der Waals surface area contributed by atoms with Crippen molar-refractivity contribution in [2.24, 2.45) is 11.8 Å². The van der Waals surface area contributed by atoms with Crippen LogP contribution in [0.1, 0.15) is 84.5 Å². The number of hydrogen-bond donors (Lipinski definition) is 1. The Kier molecular flexibility index (Phi) is 11.0. The lowest BCUT2D eigenvalue weighted by molar-refractivity contribution is -0.162. The molecule has 3 heterocycles. The molecule has 3 saturated heterocycles. The van der Waals surface area contributed by atoms with E-state index in [0.717, 1.165) is 38.5 Å². The summed E-state index contributed by atoms with van der Waals surface area (Å²) in [6, 6.07) is -0.793. The fraction of sp³-hybridized carbons (Fsp3) is 0.767. The first kappa shape index (κ1) is 30.4. The van der Waals surface area contributed by atoms with Crippen LogP contribution in [-0.4, -0.2) is 82.8 Å². The Labute approximate surface area is 228 Å². The molecule has 0 aromatic carbocycles. The van der Waals surface area contributed by atoms with Crippen molar-refractivity contribution < 1.29 is 29.0 Å². The Morgan fingerprint density at radius 2 is 1.92 bits per heavy atom. The first-order valence-electron chi connectivity index (χ1n) is 14.7. The van der Waals surface area contributed by atoms with Crippen LogP contribution < -0.4 is 0 Å². The number of aliphatic hydroxyl groups excluding tert-OH is 1. The predicted octanol–water partition coefficient (Wildman–Crippen LogP) is 4.02. The van der Waals surface area contributed by atoms with E-state index in [2.05, 4.69) is 20.1 Å². The van der Waals surface area contributed by atoms with E-state index >= 15 is 0 Å². The molecule has 1 N–H and O–H groups in total. The van der Waals surface area contributed by atoms with Crippen molar-refractivity contribution in [3.63, 3.8) is 0 Å². The van der Waals surface area contributed by atoms with Gasteiger partial charge in [0.25, 0.3) is 0 Å². The van der Waals surface area contributed by atoms with E-state index in [9.17, 15) is 19.5 Å². The number of carbonyl (C=O) groups excluding carboxylic acids is 3. The van der Waals surface area contributed by atoms with Crippen molar-refractivity contribution in [2.45, 2.75) is 102 Å². The van der Waals surface area contributed by atoms with E-state index in [-0.39, 0.29) is 24.4 Å². The van der Waals surface area contributed by atoms with Crippen molar-refractivity contribution in [1.29, 1.82) is 0 Å². The first-order chi connectivity index (χ1) is 18.4. The standard InChI is InChI=1S/C30H48N2O6/c1-5-9-11-15-22-37-28(36)24-23-26(34)32(20-13-14-21-33)25(30(23)17-16-29(24,8-4)38-30)27(35)31(18-7-3)19-12-10-6-2/h5,7,23-25,33H,1,3,6,8-22H2,2,4H3/t23-,24-,25?,29+,30?/m0/s1. The molecule has 0 saturated carbocycles. The molecule has 2 bridgehead atoms. The number of aliphatic hydroxyl groups is 1. The summed E-state index contributed by atoms with van der Waals surface area (Å²) in [7, 11) is 0. The summed E-state index contributed by atoms with van der Waals surface area (Å²) in [6.45, 7) is 13.3. The molecule has 8 heteroatoms. The molecule has 1 spiro atoms. The largest absolute Gasteiger partial charge is 0.465 e. The number of fused-ring (bicyclic) bond motifs is 1. The molecule has 38 heavy (non-hydrogen) atoms. The van der Waals surface area contributed by atoms with Crippen LogP contribution in [0.3, 0.4) is 0 Å². The zero-order chi connectivity index (χ0) is 27.8. The van der Waals surface area contributed by atoms with Gasteiger partial charge in [-0.1, -0.05) is 38.8 Å². The van der Waals surface area contributed by atoms with Gasteiger partial charge < -0.3 is 24.4 Å². The van der Waals surface area contributed by atoms with Crippen molar-refractivity contribution in [3.8, 4) is 0 Å². The number of carbonyl (C=O) groups is 3. The summed E-state index contributed by atoms with van der Waals surface area (Å²) in [5.74, 6) is -2.18. The average Bonchev–Trinajstić information content (AvgIpc) is 3.51. The quantitative estimate of drug-likeness (QED) is 0.163. The van der Waals surface area contributed by atoms with Gasteiger partial charge in [-0.2, -0.15) is 0 Å². The smallest absolute Gasteiger partial charge is 0.312 e. The van der Waals surface area contributed by atoms with E-state index in [1.54, 1.807) is 15.9 Å². The van der Waals surface area contributed by atoms with Crippen LogP contribution >= 0.6 is 0 Å². The van der Waals surface area contributed by atoms with E-state index in [1.165, 1.54) is 0 Å². The molecule has 8 nitrogen and oxygen atoms in total. The Morgan fingerprint density at radius 3 is 2.58 bits per heavy atom. The number of unbranched alkanes of at least 4 members (excludes halogenated alkanes) is 5. The maximum Gasteiger partial charge on any atom is 0.312 e. The average molecular weight is 533 g/mol. The summed E-state index contributed by atoms with van der Waals surface area (Å²) >= 11 is 0. The molecule has 0 aliphatic carbocycles. The van der Waals surface area contributed by atoms with Crippen molar-refractivity contribution >= 4 is 17.8 Å². The molecule has 214 valence electrons. The minimum atomic E-state index is -1.04. The molecule has 0 aromatic rings. The number of esters is 1. The highest BCUT2D eigenvalue weighted by atomic mass is 16.6. The first-order valence-corrected chi connectivity index (χ1v) is 14.7. The number of hydrogen-bond acceptors (Lipinski definition) is 6. The summed E-state index contributed by atoms with van der Waals surface area (Å²) < 4.78 is 12.5. The minimum absolute atomic E-state index is 0.0189. The third-order valence-electron chi connectivity index (χ3n) is 8.72. The maximum absolute atomic E-state index is 14.2. The molecule has 3 rings (SSSR count). The van der Waals surface area contributed by atoms with Crippen molar-refractivity contribution in [2.75, 3.05) is 32.8 Å². The second kappa shape index (κ2) is 13.7. The van der Waals surface area contributed by atoms with Gasteiger partial charge in [0, 0.05) is 26.2 Å². The van der Waals surface area contributed by atoms with Gasteiger partial charge in [-0.3, -0.25) is 14.4 Å². The SMILES string of the molecule is C=CCCCCOC(=O)[C@@H]1[C@H]2C(=O)N(CCCCO)C(C(=O)N(CC=C)CCCCC)C23CC[C@@]1(CC)O3. The third kappa shape index (κ3) is 5.71. The number of nitrogens with zero attached hydrogens (tertiary/aromatic N) is 2. The highest BCUT2D eigenvalue weighted by Gasteiger charge is 2.79. The Balaban J connectivity index is 1.93. The lowest BCUT2D eigenvalue weighted by atomic mass is 9.65. The van der Waals surface area contributed by atoms with Crippen LogP contribution in [0, 0.1) is 11.8 Å². The zero-order valence-electron chi connectivity index (χ0n) is 23.5. The summed E-state index contributed by atoms with van der Waals surface area (Å²) in [6.07, 6.45) is 11.8. The molecular formula is C30H48N2O6. The summed E-state index contributed by atoms with van der Waals surface area (Å²) in [5.41, 5.74) is -1.83. The molecule has 5 atom stereocenters. The molecular weight excluding hydrogens is 484 g/mol. The summed E-state index contributed by atoms with van der Waals surface area (Å²) in [5, 5.41) is 9.36. The van der Waals surface area contributed by atoms with Crippen LogP contribution in [0.2, 0.25) is 0 Å². The lowest BCUT2D eigenvalue weighted by Gasteiger charge is -2.37. The van der Waals surface area contributed by atoms with Crippen molar-refractivity contribution in [3.05, 3.63) is 25.3 Å². The number of likely N-dealkylation sites (tertiary alicyclic amines) is 1. The Morgan fingerprint density at radius 1 is 1.13 bits per heavy atom.